The van der Waals surface area contributed by atoms with Gasteiger partial charge in [0, 0.05) is 17.8 Å². The quantitative estimate of drug-likeness (QED) is 0.706. The van der Waals surface area contributed by atoms with E-state index in [0.717, 1.165) is 27.3 Å². The molecule has 0 aliphatic carbocycles. The first-order chi connectivity index (χ1) is 14.1. The number of methoxy groups -OCH3 is 1. The number of rotatable bonds is 4. The number of carbonyl (C=O) groups is 2. The highest BCUT2D eigenvalue weighted by atomic mass is 32.1. The highest BCUT2D eigenvalue weighted by Gasteiger charge is 2.24. The van der Waals surface area contributed by atoms with E-state index in [1.807, 2.05) is 35.2 Å². The van der Waals surface area contributed by atoms with E-state index in [-0.39, 0.29) is 5.91 Å². The van der Waals surface area contributed by atoms with Crippen molar-refractivity contribution in [1.82, 2.24) is 9.88 Å². The molecule has 2 heterocycles. The van der Waals surface area contributed by atoms with Gasteiger partial charge in [-0.1, -0.05) is 65.9 Å². The van der Waals surface area contributed by atoms with Crippen molar-refractivity contribution in [3.05, 3.63) is 70.7 Å². The molecule has 0 radical (unpaired) electrons. The van der Waals surface area contributed by atoms with Gasteiger partial charge in [-0.15, -0.1) is 0 Å². The molecule has 29 heavy (non-hydrogen) atoms. The van der Waals surface area contributed by atoms with Gasteiger partial charge in [0.1, 0.15) is 0 Å². The molecule has 0 saturated heterocycles. The molecule has 0 atom stereocenters. The molecule has 0 spiro atoms. The zero-order valence-electron chi connectivity index (χ0n) is 16.1. The molecule has 1 aromatic heterocycles. The van der Waals surface area contributed by atoms with Crippen LogP contribution in [0.1, 0.15) is 16.1 Å². The first-order valence-corrected chi connectivity index (χ1v) is 10.2. The van der Waals surface area contributed by atoms with Crippen LogP contribution in [0.25, 0.3) is 11.1 Å². The second kappa shape index (κ2) is 8.45. The minimum absolute atomic E-state index is 0.0963. The van der Waals surface area contributed by atoms with Crippen molar-refractivity contribution in [2.75, 3.05) is 19.0 Å². The number of ether oxygens (including phenoxy) is 1. The zero-order valence-corrected chi connectivity index (χ0v) is 16.9. The Morgan fingerprint density at radius 1 is 1.10 bits per heavy atom. The van der Waals surface area contributed by atoms with Crippen molar-refractivity contribution in [2.24, 2.45) is 0 Å². The summed E-state index contributed by atoms with van der Waals surface area (Å²) in [6.45, 7) is 1.16. The summed E-state index contributed by atoms with van der Waals surface area (Å²) in [4.78, 5) is 31.4. The molecule has 1 aliphatic rings. The molecular weight excluding hydrogens is 386 g/mol. The Balaban J connectivity index is 1.39. The Morgan fingerprint density at radius 3 is 2.55 bits per heavy atom. The molecular formula is C22H21N3O3S. The van der Waals surface area contributed by atoms with E-state index >= 15 is 0 Å². The van der Waals surface area contributed by atoms with Gasteiger partial charge in [-0.05, 0) is 16.7 Å². The summed E-state index contributed by atoms with van der Waals surface area (Å²) in [5.41, 5.74) is 4.24. The zero-order chi connectivity index (χ0) is 20.2. The van der Waals surface area contributed by atoms with Crippen LogP contribution in [0.4, 0.5) is 9.93 Å². The molecule has 6 nitrogen and oxygen atoms in total. The van der Waals surface area contributed by atoms with E-state index in [9.17, 15) is 9.59 Å². The van der Waals surface area contributed by atoms with E-state index in [1.165, 1.54) is 18.4 Å². The van der Waals surface area contributed by atoms with Gasteiger partial charge in [0.05, 0.1) is 25.8 Å². The van der Waals surface area contributed by atoms with E-state index in [1.54, 1.807) is 0 Å². The normalized spacial score (nSPS) is 12.9. The molecule has 0 bridgehead atoms. The van der Waals surface area contributed by atoms with Crippen LogP contribution in [-0.2, 0) is 28.9 Å². The number of benzene rings is 2. The fourth-order valence-corrected chi connectivity index (χ4v) is 4.34. The van der Waals surface area contributed by atoms with Gasteiger partial charge in [-0.25, -0.2) is 9.78 Å². The van der Waals surface area contributed by atoms with Gasteiger partial charge in [0.2, 0.25) is 5.91 Å². The lowest BCUT2D eigenvalue weighted by atomic mass is 10.0. The number of aromatic nitrogens is 1. The molecule has 0 unspecified atom stereocenters. The summed E-state index contributed by atoms with van der Waals surface area (Å²) in [6.07, 6.45) is 0.520. The molecule has 4 rings (SSSR count). The maximum Gasteiger partial charge on any atom is 0.413 e. The van der Waals surface area contributed by atoms with Gasteiger partial charge < -0.3 is 9.64 Å². The number of fused-ring (bicyclic) bond motifs is 1. The fraction of sp³-hybridized carbons (Fsp3) is 0.227. The van der Waals surface area contributed by atoms with Gasteiger partial charge >= 0.3 is 6.09 Å². The van der Waals surface area contributed by atoms with Crippen molar-refractivity contribution in [3.8, 4) is 11.1 Å². The highest BCUT2D eigenvalue weighted by molar-refractivity contribution is 7.15. The Labute approximate surface area is 173 Å². The number of hydrogen-bond donors (Lipinski definition) is 1. The Morgan fingerprint density at radius 2 is 1.83 bits per heavy atom. The predicted molar refractivity (Wildman–Crippen MR) is 113 cm³/mol. The van der Waals surface area contributed by atoms with Crippen LogP contribution in [0, 0.1) is 0 Å². The van der Waals surface area contributed by atoms with Gasteiger partial charge in [-0.2, -0.15) is 0 Å². The lowest BCUT2D eigenvalue weighted by Gasteiger charge is -2.26. The van der Waals surface area contributed by atoms with Gasteiger partial charge in [-0.3, -0.25) is 10.1 Å². The highest BCUT2D eigenvalue weighted by Crippen LogP contribution is 2.29. The molecule has 2 amide bonds. The number of amides is 2. The fourth-order valence-electron chi connectivity index (χ4n) is 3.33. The molecule has 2 aromatic carbocycles. The average molecular weight is 407 g/mol. The molecule has 3 aromatic rings. The topological polar surface area (TPSA) is 71.5 Å². The Kier molecular flexibility index (Phi) is 5.57. The third-order valence-corrected chi connectivity index (χ3v) is 5.89. The van der Waals surface area contributed by atoms with Gasteiger partial charge in [0.25, 0.3) is 0 Å². The summed E-state index contributed by atoms with van der Waals surface area (Å²) >= 11 is 1.39. The minimum atomic E-state index is -0.539. The summed E-state index contributed by atoms with van der Waals surface area (Å²) in [6, 6.07) is 18.3. The summed E-state index contributed by atoms with van der Waals surface area (Å²) in [7, 11) is 1.32. The number of nitrogens with zero attached hydrogens (tertiary/aromatic N) is 2. The molecule has 1 N–H and O–H groups in total. The number of nitrogens with one attached hydrogen (secondary N) is 1. The van der Waals surface area contributed by atoms with Crippen molar-refractivity contribution >= 4 is 28.5 Å². The maximum atomic E-state index is 12.8. The summed E-state index contributed by atoms with van der Waals surface area (Å²) in [5.74, 6) is 0.0963. The molecule has 0 saturated carbocycles. The first-order valence-electron chi connectivity index (χ1n) is 9.38. The van der Waals surface area contributed by atoms with Crippen molar-refractivity contribution in [1.29, 1.82) is 0 Å². The third kappa shape index (κ3) is 4.46. The van der Waals surface area contributed by atoms with E-state index < -0.39 is 6.09 Å². The Bertz CT molecular complexity index is 1020. The minimum Gasteiger partial charge on any atom is -0.453 e. The lowest BCUT2D eigenvalue weighted by molar-refractivity contribution is -0.131. The summed E-state index contributed by atoms with van der Waals surface area (Å²) < 4.78 is 4.60. The smallest absolute Gasteiger partial charge is 0.413 e. The largest absolute Gasteiger partial charge is 0.453 e. The van der Waals surface area contributed by atoms with Crippen molar-refractivity contribution in [2.45, 2.75) is 19.4 Å². The number of anilines is 1. The first kappa shape index (κ1) is 19.1. The molecule has 0 fully saturated rings. The van der Waals surface area contributed by atoms with Crippen molar-refractivity contribution < 1.29 is 14.3 Å². The maximum absolute atomic E-state index is 12.8. The second-order valence-electron chi connectivity index (χ2n) is 6.81. The lowest BCUT2D eigenvalue weighted by Crippen LogP contribution is -2.36. The van der Waals surface area contributed by atoms with Crippen LogP contribution in [0.3, 0.4) is 0 Å². The monoisotopic (exact) mass is 407 g/mol. The predicted octanol–water partition coefficient (Wildman–Crippen LogP) is 4.12. The SMILES string of the molecule is COC(=O)Nc1nc2c(s1)CN(C(=O)Cc1ccc(-c3ccccc3)cc1)CC2. The molecule has 7 heteroatoms. The Hall–Kier alpha value is -3.19. The summed E-state index contributed by atoms with van der Waals surface area (Å²) in [5, 5.41) is 3.10. The van der Waals surface area contributed by atoms with E-state index in [0.29, 0.717) is 31.1 Å². The second-order valence-corrected chi connectivity index (χ2v) is 7.89. The van der Waals surface area contributed by atoms with Crippen LogP contribution in [0.2, 0.25) is 0 Å². The van der Waals surface area contributed by atoms with Crippen LogP contribution in [0.5, 0.6) is 0 Å². The number of carbonyl (C=O) groups excluding carboxylic acids is 2. The van der Waals surface area contributed by atoms with E-state index in [2.05, 4.69) is 39.3 Å². The third-order valence-electron chi connectivity index (χ3n) is 4.89. The van der Waals surface area contributed by atoms with Crippen LogP contribution in [-0.4, -0.2) is 35.5 Å². The standard InChI is InChI=1S/C22H21N3O3S/c1-28-22(27)24-21-23-18-11-12-25(14-19(18)29-21)20(26)13-15-7-9-17(10-8-15)16-5-3-2-4-6-16/h2-10H,11-14H2,1H3,(H,23,24,27). The van der Waals surface area contributed by atoms with Crippen molar-refractivity contribution in [3.63, 3.8) is 0 Å². The average Bonchev–Trinajstić information content (AvgIpc) is 3.16. The van der Waals surface area contributed by atoms with E-state index in [4.69, 9.17) is 0 Å². The van der Waals surface area contributed by atoms with Crippen LogP contribution < -0.4 is 5.32 Å². The van der Waals surface area contributed by atoms with Crippen LogP contribution in [0.15, 0.2) is 54.6 Å². The van der Waals surface area contributed by atoms with Crippen LogP contribution >= 0.6 is 11.3 Å². The molecule has 148 valence electrons. The molecule has 1 aliphatic heterocycles. The number of thiazole rings is 1. The number of hydrogen-bond acceptors (Lipinski definition) is 5. The van der Waals surface area contributed by atoms with Gasteiger partial charge in [0.15, 0.2) is 5.13 Å².